The van der Waals surface area contributed by atoms with Crippen LogP contribution >= 0.6 is 0 Å². The van der Waals surface area contributed by atoms with Crippen LogP contribution in [0.5, 0.6) is 5.75 Å². The molecule has 5 heteroatoms. The van der Waals surface area contributed by atoms with E-state index in [1.165, 1.54) is 6.42 Å². The number of para-hydroxylation sites is 2. The third-order valence-corrected chi connectivity index (χ3v) is 5.03. The maximum Gasteiger partial charge on any atom is 0.319 e. The summed E-state index contributed by atoms with van der Waals surface area (Å²) in [5.74, 6) is 1.95. The lowest BCUT2D eigenvalue weighted by atomic mass is 9.85. The number of rotatable bonds is 5. The molecule has 0 aliphatic heterocycles. The highest BCUT2D eigenvalue weighted by Gasteiger charge is 2.47. The second-order valence-electron chi connectivity index (χ2n) is 6.23. The Hall–Kier alpha value is -1.75. The van der Waals surface area contributed by atoms with Gasteiger partial charge in [0.15, 0.2) is 0 Å². The third-order valence-electron chi connectivity index (χ3n) is 5.03. The SMILES string of the molecule is CCOc1ccccc1NC(=O)NC1C2CCC(C2)C1CO. The Kier molecular flexibility index (Phi) is 4.52. The number of amides is 2. The lowest BCUT2D eigenvalue weighted by Crippen LogP contribution is -2.46. The summed E-state index contributed by atoms with van der Waals surface area (Å²) in [6, 6.07) is 7.28. The maximum atomic E-state index is 12.3. The van der Waals surface area contributed by atoms with E-state index < -0.39 is 0 Å². The molecular formula is C17H24N2O3. The van der Waals surface area contributed by atoms with Gasteiger partial charge in [-0.2, -0.15) is 0 Å². The number of urea groups is 1. The molecule has 0 saturated heterocycles. The molecule has 4 unspecified atom stereocenters. The third kappa shape index (κ3) is 2.90. The Morgan fingerprint density at radius 3 is 2.86 bits per heavy atom. The number of benzene rings is 1. The monoisotopic (exact) mass is 304 g/mol. The van der Waals surface area contributed by atoms with E-state index in [-0.39, 0.29) is 24.6 Å². The van der Waals surface area contributed by atoms with Crippen LogP contribution in [0.1, 0.15) is 26.2 Å². The van der Waals surface area contributed by atoms with Gasteiger partial charge in [0.05, 0.1) is 12.3 Å². The van der Waals surface area contributed by atoms with E-state index in [9.17, 15) is 9.90 Å². The second-order valence-corrected chi connectivity index (χ2v) is 6.23. The standard InChI is InChI=1S/C17H24N2O3/c1-2-22-15-6-4-3-5-14(15)18-17(21)19-16-12-8-7-11(9-12)13(16)10-20/h3-6,11-13,16,20H,2,7-10H2,1H3,(H2,18,19,21). The Balaban J connectivity index is 1.63. The molecule has 1 aromatic carbocycles. The van der Waals surface area contributed by atoms with E-state index >= 15 is 0 Å². The molecule has 2 saturated carbocycles. The first-order valence-corrected chi connectivity index (χ1v) is 8.13. The molecular weight excluding hydrogens is 280 g/mol. The van der Waals surface area contributed by atoms with E-state index in [4.69, 9.17) is 4.74 Å². The van der Waals surface area contributed by atoms with Gasteiger partial charge in [0.2, 0.25) is 0 Å². The number of anilines is 1. The molecule has 3 rings (SSSR count). The van der Waals surface area contributed by atoms with E-state index in [1.807, 2.05) is 31.2 Å². The number of ether oxygens (including phenoxy) is 1. The molecule has 0 radical (unpaired) electrons. The zero-order chi connectivity index (χ0) is 15.5. The first kappa shape index (κ1) is 15.2. The lowest BCUT2D eigenvalue weighted by Gasteiger charge is -2.30. The first-order chi connectivity index (χ1) is 10.7. The number of aliphatic hydroxyl groups is 1. The van der Waals surface area contributed by atoms with E-state index in [1.54, 1.807) is 0 Å². The summed E-state index contributed by atoms with van der Waals surface area (Å²) in [6.45, 7) is 2.62. The van der Waals surface area contributed by atoms with Crippen molar-refractivity contribution in [2.45, 2.75) is 32.2 Å². The Morgan fingerprint density at radius 1 is 1.32 bits per heavy atom. The molecule has 3 N–H and O–H groups in total. The Bertz CT molecular complexity index is 534. The van der Waals surface area contributed by atoms with Crippen molar-refractivity contribution in [1.82, 2.24) is 5.32 Å². The molecule has 2 fully saturated rings. The van der Waals surface area contributed by atoms with Crippen LogP contribution in [0.3, 0.4) is 0 Å². The van der Waals surface area contributed by atoms with Gasteiger partial charge < -0.3 is 20.5 Å². The Labute approximate surface area is 131 Å². The molecule has 0 heterocycles. The number of hydrogen-bond donors (Lipinski definition) is 3. The average Bonchev–Trinajstić information content (AvgIpc) is 3.10. The number of fused-ring (bicyclic) bond motifs is 2. The number of carbonyl (C=O) groups excluding carboxylic acids is 1. The van der Waals surface area contributed by atoms with Crippen molar-refractivity contribution < 1.29 is 14.6 Å². The van der Waals surface area contributed by atoms with Crippen molar-refractivity contribution in [3.05, 3.63) is 24.3 Å². The predicted octanol–water partition coefficient (Wildman–Crippen LogP) is 2.61. The van der Waals surface area contributed by atoms with Crippen molar-refractivity contribution in [1.29, 1.82) is 0 Å². The minimum absolute atomic E-state index is 0.0861. The van der Waals surface area contributed by atoms with Gasteiger partial charge in [-0.15, -0.1) is 0 Å². The van der Waals surface area contributed by atoms with Gasteiger partial charge in [0.25, 0.3) is 0 Å². The fraction of sp³-hybridized carbons (Fsp3) is 0.588. The van der Waals surface area contributed by atoms with Crippen molar-refractivity contribution in [2.75, 3.05) is 18.5 Å². The molecule has 4 atom stereocenters. The predicted molar refractivity (Wildman–Crippen MR) is 85.0 cm³/mol. The highest BCUT2D eigenvalue weighted by molar-refractivity contribution is 5.91. The zero-order valence-electron chi connectivity index (χ0n) is 12.9. The normalized spacial score (nSPS) is 29.4. The molecule has 2 bridgehead atoms. The molecule has 1 aromatic rings. The van der Waals surface area contributed by atoms with Crippen molar-refractivity contribution >= 4 is 11.7 Å². The number of nitrogens with one attached hydrogen (secondary N) is 2. The number of hydrogen-bond acceptors (Lipinski definition) is 3. The summed E-state index contributed by atoms with van der Waals surface area (Å²) < 4.78 is 5.52. The molecule has 2 amide bonds. The van der Waals surface area contributed by atoms with Gasteiger partial charge >= 0.3 is 6.03 Å². The van der Waals surface area contributed by atoms with Gasteiger partial charge in [-0.1, -0.05) is 12.1 Å². The fourth-order valence-corrected chi connectivity index (χ4v) is 4.06. The van der Waals surface area contributed by atoms with E-state index in [0.29, 0.717) is 29.9 Å². The number of carbonyl (C=O) groups is 1. The molecule has 22 heavy (non-hydrogen) atoms. The second kappa shape index (κ2) is 6.57. The largest absolute Gasteiger partial charge is 0.492 e. The number of aliphatic hydroxyl groups excluding tert-OH is 1. The first-order valence-electron chi connectivity index (χ1n) is 8.13. The summed E-state index contributed by atoms with van der Waals surface area (Å²) in [4.78, 5) is 12.3. The van der Waals surface area contributed by atoms with Gasteiger partial charge in [-0.05, 0) is 50.2 Å². The van der Waals surface area contributed by atoms with Crippen LogP contribution in [0.15, 0.2) is 24.3 Å². The maximum absolute atomic E-state index is 12.3. The molecule has 5 nitrogen and oxygen atoms in total. The molecule has 2 aliphatic carbocycles. The topological polar surface area (TPSA) is 70.6 Å². The lowest BCUT2D eigenvalue weighted by molar-refractivity contribution is 0.146. The highest BCUT2D eigenvalue weighted by Crippen LogP contribution is 2.48. The van der Waals surface area contributed by atoms with Crippen LogP contribution in [0, 0.1) is 17.8 Å². The summed E-state index contributed by atoms with van der Waals surface area (Å²) in [7, 11) is 0. The van der Waals surface area contributed by atoms with Crippen molar-refractivity contribution in [2.24, 2.45) is 17.8 Å². The van der Waals surface area contributed by atoms with Crippen molar-refractivity contribution in [3.63, 3.8) is 0 Å². The minimum atomic E-state index is -0.219. The van der Waals surface area contributed by atoms with Crippen molar-refractivity contribution in [3.8, 4) is 5.75 Å². The summed E-state index contributed by atoms with van der Waals surface area (Å²) >= 11 is 0. The average molecular weight is 304 g/mol. The summed E-state index contributed by atoms with van der Waals surface area (Å²) in [5.41, 5.74) is 0.672. The van der Waals surface area contributed by atoms with Gasteiger partial charge in [-0.25, -0.2) is 4.79 Å². The zero-order valence-corrected chi connectivity index (χ0v) is 12.9. The molecule has 120 valence electrons. The van der Waals surface area contributed by atoms with Crippen LogP contribution < -0.4 is 15.4 Å². The van der Waals surface area contributed by atoms with Crippen LogP contribution in [-0.2, 0) is 0 Å². The summed E-state index contributed by atoms with van der Waals surface area (Å²) in [6.07, 6.45) is 3.47. The van der Waals surface area contributed by atoms with Crippen LogP contribution in [-0.4, -0.2) is 30.4 Å². The smallest absolute Gasteiger partial charge is 0.319 e. The molecule has 0 aromatic heterocycles. The van der Waals surface area contributed by atoms with Gasteiger partial charge in [0, 0.05) is 18.6 Å². The molecule has 2 aliphatic rings. The van der Waals surface area contributed by atoms with Gasteiger partial charge in [-0.3, -0.25) is 0 Å². The summed E-state index contributed by atoms with van der Waals surface area (Å²) in [5, 5.41) is 15.5. The van der Waals surface area contributed by atoms with Gasteiger partial charge in [0.1, 0.15) is 5.75 Å². The fourth-order valence-electron chi connectivity index (χ4n) is 4.06. The van der Waals surface area contributed by atoms with E-state index in [2.05, 4.69) is 10.6 Å². The Morgan fingerprint density at radius 2 is 2.09 bits per heavy atom. The van der Waals surface area contributed by atoms with Crippen LogP contribution in [0.2, 0.25) is 0 Å². The minimum Gasteiger partial charge on any atom is -0.492 e. The van der Waals surface area contributed by atoms with E-state index in [0.717, 1.165) is 12.8 Å². The van der Waals surface area contributed by atoms with Crippen LogP contribution in [0.25, 0.3) is 0 Å². The van der Waals surface area contributed by atoms with Crippen LogP contribution in [0.4, 0.5) is 10.5 Å². The quantitative estimate of drug-likeness (QED) is 0.783. The molecule has 0 spiro atoms. The highest BCUT2D eigenvalue weighted by atomic mass is 16.5.